The number of fused-ring (bicyclic) bond motifs is 1. The summed E-state index contributed by atoms with van der Waals surface area (Å²) in [6.07, 6.45) is 4.29. The molecular weight excluding hydrogens is 402 g/mol. The highest BCUT2D eigenvalue weighted by Crippen LogP contribution is 2.45. The highest BCUT2D eigenvalue weighted by Gasteiger charge is 2.40. The molecule has 2 heterocycles. The fourth-order valence-electron chi connectivity index (χ4n) is 4.27. The summed E-state index contributed by atoms with van der Waals surface area (Å²) in [6.45, 7) is 6.53. The number of hydrogen-bond donors (Lipinski definition) is 1. The van der Waals surface area contributed by atoms with Gasteiger partial charge in [-0.1, -0.05) is 26.8 Å². The van der Waals surface area contributed by atoms with Crippen LogP contribution in [0.1, 0.15) is 50.8 Å². The maximum absolute atomic E-state index is 14.4. The van der Waals surface area contributed by atoms with Crippen molar-refractivity contribution in [3.8, 4) is 17.1 Å². The van der Waals surface area contributed by atoms with E-state index in [2.05, 4.69) is 34.0 Å². The maximum Gasteiger partial charge on any atom is 0.269 e. The van der Waals surface area contributed by atoms with Crippen molar-refractivity contribution in [2.24, 2.45) is 5.92 Å². The van der Waals surface area contributed by atoms with Gasteiger partial charge in [-0.3, -0.25) is 14.8 Å². The van der Waals surface area contributed by atoms with Crippen molar-refractivity contribution < 1.29 is 13.5 Å². The zero-order chi connectivity index (χ0) is 22.2. The van der Waals surface area contributed by atoms with Crippen molar-refractivity contribution in [3.05, 3.63) is 69.9 Å². The van der Waals surface area contributed by atoms with E-state index in [0.717, 1.165) is 24.1 Å². The van der Waals surface area contributed by atoms with Crippen LogP contribution in [0.25, 0.3) is 11.3 Å². The van der Waals surface area contributed by atoms with Gasteiger partial charge in [0.2, 0.25) is 5.88 Å². The van der Waals surface area contributed by atoms with E-state index in [1.54, 1.807) is 6.07 Å². The maximum atomic E-state index is 14.4. The molecular formula is C23H24F2N4O2. The van der Waals surface area contributed by atoms with Crippen LogP contribution in [-0.4, -0.2) is 26.8 Å². The number of ether oxygens (including phenoxy) is 1. The summed E-state index contributed by atoms with van der Waals surface area (Å²) in [5.41, 5.74) is 0.873. The summed E-state index contributed by atoms with van der Waals surface area (Å²) in [4.78, 5) is 17.9. The molecule has 162 valence electrons. The second kappa shape index (κ2) is 8.17. The third-order valence-corrected chi connectivity index (χ3v) is 6.00. The molecule has 0 aliphatic heterocycles. The highest BCUT2D eigenvalue weighted by atomic mass is 19.1. The molecule has 31 heavy (non-hydrogen) atoms. The van der Waals surface area contributed by atoms with E-state index in [1.165, 1.54) is 30.6 Å². The zero-order valence-corrected chi connectivity index (χ0v) is 17.7. The van der Waals surface area contributed by atoms with Crippen molar-refractivity contribution in [3.63, 3.8) is 0 Å². The molecule has 3 aromatic rings. The van der Waals surface area contributed by atoms with E-state index >= 15 is 0 Å². The van der Waals surface area contributed by atoms with Crippen LogP contribution in [0, 0.1) is 17.6 Å². The van der Waals surface area contributed by atoms with E-state index in [4.69, 9.17) is 4.74 Å². The van der Waals surface area contributed by atoms with Gasteiger partial charge >= 0.3 is 0 Å². The van der Waals surface area contributed by atoms with Gasteiger partial charge in [-0.05, 0) is 48.4 Å². The van der Waals surface area contributed by atoms with Gasteiger partial charge in [0.25, 0.3) is 5.56 Å². The molecule has 0 saturated carbocycles. The van der Waals surface area contributed by atoms with Crippen LogP contribution in [0.3, 0.4) is 0 Å². The summed E-state index contributed by atoms with van der Waals surface area (Å²) in [7, 11) is 0. The molecule has 0 saturated heterocycles. The number of benzene rings is 1. The zero-order valence-electron chi connectivity index (χ0n) is 17.7. The predicted octanol–water partition coefficient (Wildman–Crippen LogP) is 4.38. The molecule has 1 aliphatic rings. The number of hydrogen-bond acceptors (Lipinski definition) is 5. The van der Waals surface area contributed by atoms with Gasteiger partial charge in [-0.15, -0.1) is 0 Å². The van der Waals surface area contributed by atoms with Gasteiger partial charge in [0.15, 0.2) is 0 Å². The predicted molar refractivity (Wildman–Crippen MR) is 112 cm³/mol. The van der Waals surface area contributed by atoms with Crippen molar-refractivity contribution in [1.82, 2.24) is 20.2 Å². The van der Waals surface area contributed by atoms with Gasteiger partial charge < -0.3 is 4.74 Å². The van der Waals surface area contributed by atoms with E-state index in [1.807, 2.05) is 6.92 Å². The smallest absolute Gasteiger partial charge is 0.269 e. The summed E-state index contributed by atoms with van der Waals surface area (Å²) in [5.74, 6) is -0.554. The van der Waals surface area contributed by atoms with Gasteiger partial charge in [0, 0.05) is 5.41 Å². The molecule has 0 spiro atoms. The normalized spacial score (nSPS) is 20.5. The average Bonchev–Trinajstić information content (AvgIpc) is 2.72. The number of H-pyrrole nitrogens is 1. The molecule has 1 aromatic carbocycles. The molecule has 0 amide bonds. The molecule has 1 aliphatic carbocycles. The monoisotopic (exact) mass is 426 g/mol. The molecule has 0 radical (unpaired) electrons. The van der Waals surface area contributed by atoms with Crippen LogP contribution < -0.4 is 10.3 Å². The molecule has 4 rings (SSSR count). The highest BCUT2D eigenvalue weighted by molar-refractivity contribution is 5.62. The lowest BCUT2D eigenvalue weighted by molar-refractivity contribution is 0.184. The quantitative estimate of drug-likeness (QED) is 0.655. The van der Waals surface area contributed by atoms with Crippen molar-refractivity contribution in [1.29, 1.82) is 0 Å². The molecule has 6 nitrogen and oxygen atoms in total. The Kier molecular flexibility index (Phi) is 5.56. The Morgan fingerprint density at radius 2 is 1.97 bits per heavy atom. The van der Waals surface area contributed by atoms with E-state index in [-0.39, 0.29) is 35.2 Å². The van der Waals surface area contributed by atoms with Crippen LogP contribution in [-0.2, 0) is 5.41 Å². The number of nitrogens with one attached hydrogen (secondary N) is 1. The SMILES string of the molecule is CC(C)[C@H]1CC[C@](C)(COc2cncc(=O)[nH]2)c2nnc(-c3c(F)cccc3F)cc21. The van der Waals surface area contributed by atoms with Crippen LogP contribution in [0.2, 0.25) is 0 Å². The Hall–Kier alpha value is -3.16. The molecule has 0 unspecified atom stereocenters. The lowest BCUT2D eigenvalue weighted by atomic mass is 9.68. The van der Waals surface area contributed by atoms with Crippen molar-refractivity contribution in [2.75, 3.05) is 6.61 Å². The first-order valence-corrected chi connectivity index (χ1v) is 10.3. The van der Waals surface area contributed by atoms with E-state index < -0.39 is 17.0 Å². The number of aromatic amines is 1. The van der Waals surface area contributed by atoms with Crippen LogP contribution in [0.15, 0.2) is 41.5 Å². The van der Waals surface area contributed by atoms with Crippen LogP contribution in [0.4, 0.5) is 8.78 Å². The van der Waals surface area contributed by atoms with Crippen molar-refractivity contribution in [2.45, 2.75) is 44.9 Å². The molecule has 1 N–H and O–H groups in total. The fraction of sp³-hybridized carbons (Fsp3) is 0.391. The third-order valence-electron chi connectivity index (χ3n) is 6.00. The van der Waals surface area contributed by atoms with Crippen LogP contribution >= 0.6 is 0 Å². The third kappa shape index (κ3) is 4.06. The Morgan fingerprint density at radius 1 is 1.23 bits per heavy atom. The lowest BCUT2D eigenvalue weighted by Crippen LogP contribution is -2.38. The molecule has 8 heteroatoms. The first-order chi connectivity index (χ1) is 14.8. The van der Waals surface area contributed by atoms with Crippen LogP contribution in [0.5, 0.6) is 5.88 Å². The summed E-state index contributed by atoms with van der Waals surface area (Å²) in [5, 5.41) is 8.63. The minimum Gasteiger partial charge on any atom is -0.477 e. The minimum absolute atomic E-state index is 0.170. The first kappa shape index (κ1) is 21.1. The standard InChI is InChI=1S/C23H24F2N4O2/c1-13(2)14-7-8-23(3,12-31-20-11-26-10-19(30)27-20)22-15(14)9-18(28-29-22)21-16(24)5-4-6-17(21)25/h4-6,9-11,13-14H,7-8,12H2,1-3H3,(H,27,30)/t14-,23-/m1/s1. The average molecular weight is 426 g/mol. The molecule has 2 aromatic heterocycles. The largest absolute Gasteiger partial charge is 0.477 e. The number of rotatable bonds is 5. The summed E-state index contributed by atoms with van der Waals surface area (Å²) in [6, 6.07) is 5.52. The number of nitrogens with zero attached hydrogens (tertiary/aromatic N) is 3. The number of aromatic nitrogens is 4. The van der Waals surface area contributed by atoms with Crippen molar-refractivity contribution >= 4 is 0 Å². The van der Waals surface area contributed by atoms with Gasteiger partial charge in [-0.25, -0.2) is 8.78 Å². The minimum atomic E-state index is -0.669. The Morgan fingerprint density at radius 3 is 2.65 bits per heavy atom. The summed E-state index contributed by atoms with van der Waals surface area (Å²) >= 11 is 0. The van der Waals surface area contributed by atoms with Gasteiger partial charge in [0.05, 0.1) is 29.3 Å². The number of halogens is 2. The second-order valence-electron chi connectivity index (χ2n) is 8.63. The Balaban J connectivity index is 1.74. The van der Waals surface area contributed by atoms with E-state index in [0.29, 0.717) is 5.92 Å². The lowest BCUT2D eigenvalue weighted by Gasteiger charge is -2.39. The van der Waals surface area contributed by atoms with Gasteiger partial charge in [-0.2, -0.15) is 10.2 Å². The molecule has 2 atom stereocenters. The molecule has 0 bridgehead atoms. The fourth-order valence-corrected chi connectivity index (χ4v) is 4.27. The Bertz CT molecular complexity index is 1140. The summed E-state index contributed by atoms with van der Waals surface area (Å²) < 4.78 is 34.5. The van der Waals surface area contributed by atoms with E-state index in [9.17, 15) is 13.6 Å². The Labute approximate surface area is 178 Å². The molecule has 0 fully saturated rings. The topological polar surface area (TPSA) is 80.8 Å². The van der Waals surface area contributed by atoms with Gasteiger partial charge in [0.1, 0.15) is 18.2 Å². The second-order valence-corrected chi connectivity index (χ2v) is 8.63. The first-order valence-electron chi connectivity index (χ1n) is 10.3.